The fraction of sp³-hybridized carbons (Fsp3) is 0.667. The van der Waals surface area contributed by atoms with Gasteiger partial charge in [0.1, 0.15) is 5.60 Å². The number of hydrogen-bond acceptors (Lipinski definition) is 4. The van der Waals surface area contributed by atoms with Gasteiger partial charge in [0, 0.05) is 113 Å². The fourth-order valence-corrected chi connectivity index (χ4v) is 4.74. The van der Waals surface area contributed by atoms with E-state index in [-0.39, 0.29) is 154 Å². The first-order valence-corrected chi connectivity index (χ1v) is 9.72. The van der Waals surface area contributed by atoms with E-state index in [0.29, 0.717) is 24.7 Å². The summed E-state index contributed by atoms with van der Waals surface area (Å²) in [5.41, 5.74) is -0.545. The molecule has 0 bridgehead atoms. The van der Waals surface area contributed by atoms with Crippen LogP contribution in [-0.4, -0.2) is 40.9 Å². The second-order valence-corrected chi connectivity index (χ2v) is 8.81. The van der Waals surface area contributed by atoms with Crippen molar-refractivity contribution in [1.82, 2.24) is 0 Å². The molecule has 164 valence electrons. The van der Waals surface area contributed by atoms with Crippen molar-refractivity contribution in [2.24, 2.45) is 23.7 Å². The summed E-state index contributed by atoms with van der Waals surface area (Å²) < 4.78 is 5.49. The Hall–Kier alpha value is 1.63. The molecule has 6 nitrogen and oxygen atoms in total. The quantitative estimate of drug-likeness (QED) is 0.213. The van der Waals surface area contributed by atoms with E-state index in [1.807, 2.05) is 13.8 Å². The molecule has 0 aromatic heterocycles. The van der Waals surface area contributed by atoms with Crippen LogP contribution in [0.2, 0.25) is 0 Å². The second-order valence-electron chi connectivity index (χ2n) is 8.81. The molecule has 3 spiro atoms. The van der Waals surface area contributed by atoms with E-state index in [0.717, 1.165) is 6.61 Å². The monoisotopic (exact) mass is 916 g/mol. The summed E-state index contributed by atoms with van der Waals surface area (Å²) in [5.74, 6) is 1.16. The van der Waals surface area contributed by atoms with Crippen LogP contribution in [0.4, 0.5) is 0 Å². The van der Waals surface area contributed by atoms with Crippen molar-refractivity contribution in [2.75, 3.05) is 6.61 Å². The number of ether oxygens (including phenoxy) is 1. The van der Waals surface area contributed by atoms with Gasteiger partial charge in [-0.2, -0.15) is 0 Å². The number of amides is 2. The van der Waals surface area contributed by atoms with Crippen LogP contribution in [0.5, 0.6) is 0 Å². The first-order chi connectivity index (χ1) is 12.6. The predicted molar refractivity (Wildman–Crippen MR) is 100 cm³/mol. The predicted octanol–water partition coefficient (Wildman–Crippen LogP) is 3.07. The smallest absolute Gasteiger partial charge is 0.158 e. The van der Waals surface area contributed by atoms with Crippen LogP contribution in [0, 0.1) is 23.7 Å². The molecule has 5 aliphatic rings. The normalized spacial score (nSPS) is 42.8. The van der Waals surface area contributed by atoms with Crippen molar-refractivity contribution in [2.45, 2.75) is 57.2 Å². The van der Waals surface area contributed by atoms with Crippen LogP contribution in [-0.2, 0) is 127 Å². The van der Waals surface area contributed by atoms with E-state index in [1.165, 1.54) is 0 Å². The average molecular weight is 916 g/mol. The summed E-state index contributed by atoms with van der Waals surface area (Å²) >= 11 is 0. The minimum absolute atomic E-state index is 0. The topological polar surface area (TPSA) is 91.9 Å². The van der Waals surface area contributed by atoms with Gasteiger partial charge in [0.2, 0.25) is 0 Å². The molecule has 3 saturated heterocycles. The van der Waals surface area contributed by atoms with Crippen molar-refractivity contribution in [3.8, 4) is 0 Å². The van der Waals surface area contributed by atoms with E-state index in [9.17, 15) is 14.4 Å². The molecule has 0 N–H and O–H groups in total. The van der Waals surface area contributed by atoms with Crippen molar-refractivity contribution < 1.29 is 127 Å². The van der Waals surface area contributed by atoms with E-state index in [2.05, 4.69) is 36.6 Å². The Kier molecular flexibility index (Phi) is 12.2. The minimum Gasteiger partial charge on any atom is -0.644 e. The standard InChI is InChI=1S/C11H15NO2.C10H13NO2.2W.2Y/c1-7-8(2)11(6-14-11)4-3-10(7)5-9(13)12-10;1-6-7(2)10(4-3-8(6)12)5-9(13)11-10;;;;/h3-4,7-8H,5-6H2,1-2H3,(H,12,13);3-4,6-7H,5H2,1-2H3,(H,11,13);;;;/p-2/t7-,8+,10?,11+;6-,7+,10?;;;;/m10..../s1. The average Bonchev–Trinajstić information content (AvgIpc) is 3.36. The molecule has 2 aliphatic carbocycles. The van der Waals surface area contributed by atoms with Crippen molar-refractivity contribution in [3.05, 3.63) is 34.9 Å². The van der Waals surface area contributed by atoms with E-state index in [4.69, 9.17) is 4.74 Å². The molecule has 0 aromatic carbocycles. The van der Waals surface area contributed by atoms with Gasteiger partial charge in [0.05, 0.1) is 18.4 Å². The molecule has 3 heterocycles. The second kappa shape index (κ2) is 11.6. The summed E-state index contributed by atoms with van der Waals surface area (Å²) in [4.78, 5) is 33.1. The zero-order valence-electron chi connectivity index (χ0n) is 18.2. The third-order valence-corrected chi connectivity index (χ3v) is 7.50. The van der Waals surface area contributed by atoms with Gasteiger partial charge in [0.25, 0.3) is 0 Å². The molecular weight excluding hydrogens is 890 g/mol. The van der Waals surface area contributed by atoms with E-state index in [1.54, 1.807) is 12.2 Å². The number of ketones is 1. The molecule has 3 fully saturated rings. The van der Waals surface area contributed by atoms with Gasteiger partial charge in [-0.05, 0) is 36.7 Å². The molecule has 2 radical (unpaired) electrons. The molecule has 0 saturated carbocycles. The molecule has 3 aliphatic heterocycles. The Morgan fingerprint density at radius 1 is 0.806 bits per heavy atom. The van der Waals surface area contributed by atoms with Gasteiger partial charge < -0.3 is 25.0 Å². The molecule has 0 aromatic rings. The van der Waals surface area contributed by atoms with Crippen LogP contribution in [0.1, 0.15) is 40.5 Å². The first kappa shape index (κ1) is 32.6. The summed E-state index contributed by atoms with van der Waals surface area (Å²) in [6.07, 6.45) is 8.63. The number of nitrogens with zero attached hydrogens (tertiary/aromatic N) is 2. The number of carbonyl (C=O) groups excluding carboxylic acids is 3. The Morgan fingerprint density at radius 2 is 1.26 bits per heavy atom. The summed E-state index contributed by atoms with van der Waals surface area (Å²) in [6, 6.07) is 0. The van der Waals surface area contributed by atoms with Crippen LogP contribution in [0.15, 0.2) is 24.3 Å². The molecule has 7 atom stereocenters. The van der Waals surface area contributed by atoms with Gasteiger partial charge >= 0.3 is 0 Å². The van der Waals surface area contributed by atoms with E-state index < -0.39 is 0 Å². The largest absolute Gasteiger partial charge is 0.644 e. The van der Waals surface area contributed by atoms with Gasteiger partial charge in [-0.15, -0.1) is 0 Å². The van der Waals surface area contributed by atoms with Crippen LogP contribution in [0.25, 0.3) is 10.6 Å². The molecule has 10 heteroatoms. The molecular formula is C21H26N2O4W2Y2-2. The summed E-state index contributed by atoms with van der Waals surface area (Å²) in [6.45, 7) is 9.09. The van der Waals surface area contributed by atoms with Gasteiger partial charge in [0.15, 0.2) is 5.78 Å². The minimum atomic E-state index is -0.343. The number of carbonyl (C=O) groups is 3. The number of rotatable bonds is 0. The maximum absolute atomic E-state index is 11.3. The third-order valence-electron chi connectivity index (χ3n) is 7.50. The number of allylic oxidation sites excluding steroid dienone is 1. The van der Waals surface area contributed by atoms with Gasteiger partial charge in [-0.3, -0.25) is 4.79 Å². The maximum Gasteiger partial charge on any atom is 0.158 e. The van der Waals surface area contributed by atoms with E-state index >= 15 is 0 Å². The third kappa shape index (κ3) is 5.73. The Morgan fingerprint density at radius 3 is 1.68 bits per heavy atom. The Labute approximate surface area is 263 Å². The number of epoxide rings is 1. The Bertz CT molecular complexity index is 769. The molecule has 2 unspecified atom stereocenters. The van der Waals surface area contributed by atoms with Crippen LogP contribution in [0.3, 0.4) is 0 Å². The molecule has 5 rings (SSSR count). The Balaban J connectivity index is 0.000000516. The molecule has 31 heavy (non-hydrogen) atoms. The summed E-state index contributed by atoms with van der Waals surface area (Å²) in [5, 5.41) is 8.16. The zero-order valence-corrected chi connectivity index (χ0v) is 29.8. The first-order valence-electron chi connectivity index (χ1n) is 9.72. The molecule has 2 amide bonds. The summed E-state index contributed by atoms with van der Waals surface area (Å²) in [7, 11) is 0. The van der Waals surface area contributed by atoms with Crippen molar-refractivity contribution in [1.29, 1.82) is 0 Å². The van der Waals surface area contributed by atoms with Crippen molar-refractivity contribution >= 4 is 17.6 Å². The number of hydrogen-bond donors (Lipinski definition) is 0. The fourth-order valence-electron chi connectivity index (χ4n) is 4.74. The van der Waals surface area contributed by atoms with Gasteiger partial charge in [-0.1, -0.05) is 57.0 Å². The van der Waals surface area contributed by atoms with Gasteiger partial charge in [-0.25, -0.2) is 0 Å². The van der Waals surface area contributed by atoms with Crippen LogP contribution >= 0.6 is 0 Å². The maximum atomic E-state index is 11.3. The number of β-lactam (4-membered cyclic amide) rings is 2. The van der Waals surface area contributed by atoms with Crippen LogP contribution < -0.4 is 0 Å². The SMILES string of the molecule is C[C@@H]1C(=O)C=CC2(CC(=O)[N-]2)[C@@H]1C.C[C@@H]1[C@H](C)[C@]2(C=CC13CC(=O)[N-]3)CO2.[W].[W].[Y].[Y]. The zero-order chi connectivity index (χ0) is 19.6. The van der Waals surface area contributed by atoms with Crippen molar-refractivity contribution in [3.63, 3.8) is 0 Å².